The standard InChI is InChI=1S/C12H19N5O2/c1-3-7-14-10-5-4-9(16-17-10)12(19)15-8-6-11(18)13-2/h4-5H,3,6-8H2,1-2H3,(H,13,18)(H,14,17)(H,15,19). The van der Waals surface area contributed by atoms with E-state index in [9.17, 15) is 9.59 Å². The fourth-order valence-corrected chi connectivity index (χ4v) is 1.31. The third-order valence-corrected chi connectivity index (χ3v) is 2.37. The molecule has 7 nitrogen and oxygen atoms in total. The molecule has 1 rings (SSSR count). The highest BCUT2D eigenvalue weighted by Gasteiger charge is 2.08. The molecule has 0 aliphatic carbocycles. The van der Waals surface area contributed by atoms with Crippen LogP contribution < -0.4 is 16.0 Å². The molecule has 0 atom stereocenters. The van der Waals surface area contributed by atoms with Crippen LogP contribution in [0.4, 0.5) is 5.82 Å². The first-order valence-electron chi connectivity index (χ1n) is 6.23. The molecule has 3 N–H and O–H groups in total. The number of hydrogen-bond acceptors (Lipinski definition) is 5. The number of hydrogen-bond donors (Lipinski definition) is 3. The molecule has 0 aromatic carbocycles. The van der Waals surface area contributed by atoms with Gasteiger partial charge in [0.05, 0.1) is 0 Å². The Morgan fingerprint density at radius 3 is 2.58 bits per heavy atom. The maximum absolute atomic E-state index is 11.7. The third-order valence-electron chi connectivity index (χ3n) is 2.37. The summed E-state index contributed by atoms with van der Waals surface area (Å²) in [5.74, 6) is 0.188. The van der Waals surface area contributed by atoms with Gasteiger partial charge in [0, 0.05) is 26.6 Å². The molecule has 104 valence electrons. The maximum atomic E-state index is 11.7. The summed E-state index contributed by atoms with van der Waals surface area (Å²) in [5, 5.41) is 15.9. The van der Waals surface area contributed by atoms with Crippen LogP contribution >= 0.6 is 0 Å². The average Bonchev–Trinajstić information content (AvgIpc) is 2.45. The van der Waals surface area contributed by atoms with Crippen molar-refractivity contribution in [3.63, 3.8) is 0 Å². The second-order valence-electron chi connectivity index (χ2n) is 3.91. The van der Waals surface area contributed by atoms with Gasteiger partial charge < -0.3 is 16.0 Å². The van der Waals surface area contributed by atoms with Crippen LogP contribution in [0, 0.1) is 0 Å². The van der Waals surface area contributed by atoms with Crippen LogP contribution in [0.25, 0.3) is 0 Å². The number of carbonyl (C=O) groups is 2. The highest BCUT2D eigenvalue weighted by atomic mass is 16.2. The molecule has 0 aliphatic heterocycles. The van der Waals surface area contributed by atoms with Crippen molar-refractivity contribution in [3.05, 3.63) is 17.8 Å². The molecular formula is C12H19N5O2. The summed E-state index contributed by atoms with van der Waals surface area (Å²) < 4.78 is 0. The Morgan fingerprint density at radius 1 is 1.21 bits per heavy atom. The molecule has 0 bridgehead atoms. The molecule has 0 aliphatic rings. The van der Waals surface area contributed by atoms with E-state index in [4.69, 9.17) is 0 Å². The van der Waals surface area contributed by atoms with Crippen molar-refractivity contribution in [2.75, 3.05) is 25.5 Å². The first-order valence-corrected chi connectivity index (χ1v) is 6.23. The zero-order valence-electron chi connectivity index (χ0n) is 11.2. The van der Waals surface area contributed by atoms with E-state index < -0.39 is 0 Å². The molecule has 7 heteroatoms. The van der Waals surface area contributed by atoms with E-state index in [0.29, 0.717) is 5.82 Å². The summed E-state index contributed by atoms with van der Waals surface area (Å²) in [6, 6.07) is 3.30. The largest absolute Gasteiger partial charge is 0.369 e. The van der Waals surface area contributed by atoms with Gasteiger partial charge in [0.25, 0.3) is 5.91 Å². The van der Waals surface area contributed by atoms with Gasteiger partial charge in [0.1, 0.15) is 5.82 Å². The van der Waals surface area contributed by atoms with Gasteiger partial charge in [-0.1, -0.05) is 6.92 Å². The first-order chi connectivity index (χ1) is 9.17. The molecule has 2 amide bonds. The van der Waals surface area contributed by atoms with Crippen LogP contribution in [0.2, 0.25) is 0 Å². The number of anilines is 1. The Balaban J connectivity index is 2.42. The van der Waals surface area contributed by atoms with Gasteiger partial charge in [-0.3, -0.25) is 9.59 Å². The van der Waals surface area contributed by atoms with Crippen molar-refractivity contribution in [2.24, 2.45) is 0 Å². The zero-order valence-corrected chi connectivity index (χ0v) is 11.2. The SMILES string of the molecule is CCCNc1ccc(C(=O)NCCC(=O)NC)nn1. The van der Waals surface area contributed by atoms with Crippen molar-refractivity contribution in [1.29, 1.82) is 0 Å². The smallest absolute Gasteiger partial charge is 0.271 e. The normalized spacial score (nSPS) is 9.79. The van der Waals surface area contributed by atoms with E-state index in [1.807, 2.05) is 0 Å². The lowest BCUT2D eigenvalue weighted by Crippen LogP contribution is -2.29. The van der Waals surface area contributed by atoms with Crippen LogP contribution in [-0.2, 0) is 4.79 Å². The molecular weight excluding hydrogens is 246 g/mol. The molecule has 0 radical (unpaired) electrons. The lowest BCUT2D eigenvalue weighted by Gasteiger charge is -2.05. The second-order valence-corrected chi connectivity index (χ2v) is 3.91. The van der Waals surface area contributed by atoms with Gasteiger partial charge in [-0.05, 0) is 18.6 Å². The van der Waals surface area contributed by atoms with Gasteiger partial charge in [-0.15, -0.1) is 10.2 Å². The Morgan fingerprint density at radius 2 is 2.00 bits per heavy atom. The Labute approximate surface area is 112 Å². The number of amides is 2. The highest BCUT2D eigenvalue weighted by molar-refractivity contribution is 5.92. The topological polar surface area (TPSA) is 96.0 Å². The van der Waals surface area contributed by atoms with E-state index in [-0.39, 0.29) is 30.5 Å². The molecule has 1 aromatic rings. The summed E-state index contributed by atoms with van der Waals surface area (Å²) in [6.07, 6.45) is 1.23. The van der Waals surface area contributed by atoms with Gasteiger partial charge in [0.15, 0.2) is 5.69 Å². The van der Waals surface area contributed by atoms with E-state index in [0.717, 1.165) is 13.0 Å². The quantitative estimate of drug-likeness (QED) is 0.653. The second kappa shape index (κ2) is 8.02. The fraction of sp³-hybridized carbons (Fsp3) is 0.500. The molecule has 1 heterocycles. The Hall–Kier alpha value is -2.18. The number of nitrogens with zero attached hydrogens (tertiary/aromatic N) is 2. The Bertz CT molecular complexity index is 419. The zero-order chi connectivity index (χ0) is 14.1. The Kier molecular flexibility index (Phi) is 6.28. The maximum Gasteiger partial charge on any atom is 0.271 e. The fourth-order valence-electron chi connectivity index (χ4n) is 1.31. The number of aromatic nitrogens is 2. The number of nitrogens with one attached hydrogen (secondary N) is 3. The first kappa shape index (κ1) is 14.9. The van der Waals surface area contributed by atoms with Crippen molar-refractivity contribution < 1.29 is 9.59 Å². The molecule has 0 unspecified atom stereocenters. The minimum Gasteiger partial charge on any atom is -0.369 e. The van der Waals surface area contributed by atoms with E-state index in [1.165, 1.54) is 0 Å². The number of carbonyl (C=O) groups excluding carboxylic acids is 2. The van der Waals surface area contributed by atoms with Crippen LogP contribution in [0.1, 0.15) is 30.3 Å². The summed E-state index contributed by atoms with van der Waals surface area (Å²) in [5.41, 5.74) is 0.235. The van der Waals surface area contributed by atoms with Crippen molar-refractivity contribution >= 4 is 17.6 Å². The molecule has 0 saturated heterocycles. The highest BCUT2D eigenvalue weighted by Crippen LogP contribution is 2.01. The van der Waals surface area contributed by atoms with Crippen LogP contribution in [0.15, 0.2) is 12.1 Å². The summed E-state index contributed by atoms with van der Waals surface area (Å²) in [6.45, 7) is 3.14. The summed E-state index contributed by atoms with van der Waals surface area (Å²) in [7, 11) is 1.55. The van der Waals surface area contributed by atoms with E-state index in [1.54, 1.807) is 19.2 Å². The minimum absolute atomic E-state index is 0.120. The average molecular weight is 265 g/mol. The molecule has 1 aromatic heterocycles. The van der Waals surface area contributed by atoms with Gasteiger partial charge >= 0.3 is 0 Å². The predicted molar refractivity (Wildman–Crippen MR) is 71.8 cm³/mol. The van der Waals surface area contributed by atoms with Gasteiger partial charge in [0.2, 0.25) is 5.91 Å². The van der Waals surface area contributed by atoms with Crippen molar-refractivity contribution in [3.8, 4) is 0 Å². The van der Waals surface area contributed by atoms with Gasteiger partial charge in [-0.2, -0.15) is 0 Å². The molecule has 19 heavy (non-hydrogen) atoms. The summed E-state index contributed by atoms with van der Waals surface area (Å²) in [4.78, 5) is 22.7. The minimum atomic E-state index is -0.335. The molecule has 0 spiro atoms. The van der Waals surface area contributed by atoms with Crippen LogP contribution in [0.5, 0.6) is 0 Å². The van der Waals surface area contributed by atoms with Crippen LogP contribution in [-0.4, -0.2) is 42.1 Å². The van der Waals surface area contributed by atoms with Gasteiger partial charge in [-0.25, -0.2) is 0 Å². The monoisotopic (exact) mass is 265 g/mol. The van der Waals surface area contributed by atoms with E-state index >= 15 is 0 Å². The lowest BCUT2D eigenvalue weighted by atomic mass is 10.3. The van der Waals surface area contributed by atoms with E-state index in [2.05, 4.69) is 33.1 Å². The van der Waals surface area contributed by atoms with Crippen LogP contribution in [0.3, 0.4) is 0 Å². The number of rotatable bonds is 7. The molecule has 0 saturated carbocycles. The van der Waals surface area contributed by atoms with Crippen molar-refractivity contribution in [2.45, 2.75) is 19.8 Å². The predicted octanol–water partition coefficient (Wildman–Crippen LogP) is 0.164. The lowest BCUT2D eigenvalue weighted by molar-refractivity contribution is -0.120. The molecule has 0 fully saturated rings. The summed E-state index contributed by atoms with van der Waals surface area (Å²) >= 11 is 0. The van der Waals surface area contributed by atoms with Crippen molar-refractivity contribution in [1.82, 2.24) is 20.8 Å². The third kappa shape index (κ3) is 5.33.